The van der Waals surface area contributed by atoms with Crippen LogP contribution in [0, 0.1) is 15.9 Å². The maximum absolute atomic E-state index is 13.0. The molecule has 0 atom stereocenters. The van der Waals surface area contributed by atoms with Crippen LogP contribution in [0.2, 0.25) is 0 Å². The van der Waals surface area contributed by atoms with Crippen LogP contribution in [0.15, 0.2) is 12.1 Å². The molecular weight excluding hydrogens is 262 g/mol. The summed E-state index contributed by atoms with van der Waals surface area (Å²) in [6.45, 7) is 0. The van der Waals surface area contributed by atoms with Crippen molar-refractivity contribution >= 4 is 11.7 Å². The Bertz CT molecular complexity index is 512. The standard InChI is InChI=1S/C9H5F4NO4/c1-18-8(15)5-2-4(10)3-6(14(16)17)7(5)9(11,12)13/h2-3H,1H3. The molecule has 1 rings (SSSR count). The number of carbonyl (C=O) groups is 1. The molecule has 0 fully saturated rings. The fourth-order valence-corrected chi connectivity index (χ4v) is 1.31. The monoisotopic (exact) mass is 267 g/mol. The Morgan fingerprint density at radius 2 is 1.94 bits per heavy atom. The molecule has 0 saturated heterocycles. The normalized spacial score (nSPS) is 11.2. The maximum Gasteiger partial charge on any atom is 0.423 e. The maximum atomic E-state index is 13.0. The van der Waals surface area contributed by atoms with Crippen LogP contribution in [-0.2, 0) is 10.9 Å². The molecule has 9 heteroatoms. The minimum absolute atomic E-state index is 0.0925. The average Bonchev–Trinajstić information content (AvgIpc) is 2.24. The van der Waals surface area contributed by atoms with Gasteiger partial charge in [0.25, 0.3) is 5.69 Å². The summed E-state index contributed by atoms with van der Waals surface area (Å²) < 4.78 is 55.0. The van der Waals surface area contributed by atoms with Gasteiger partial charge in [-0.25, -0.2) is 9.18 Å². The second kappa shape index (κ2) is 4.59. The zero-order valence-corrected chi connectivity index (χ0v) is 8.75. The van der Waals surface area contributed by atoms with Gasteiger partial charge in [0.15, 0.2) is 0 Å². The lowest BCUT2D eigenvalue weighted by Gasteiger charge is -2.11. The van der Waals surface area contributed by atoms with Gasteiger partial charge in [-0.05, 0) is 6.07 Å². The molecule has 0 heterocycles. The number of ether oxygens (including phenoxy) is 1. The SMILES string of the molecule is COC(=O)c1cc(F)cc([N+](=O)[O-])c1C(F)(F)F. The van der Waals surface area contributed by atoms with Crippen molar-refractivity contribution in [2.75, 3.05) is 7.11 Å². The second-order valence-corrected chi connectivity index (χ2v) is 3.09. The summed E-state index contributed by atoms with van der Waals surface area (Å²) in [5.74, 6) is -2.85. The first-order chi connectivity index (χ1) is 8.18. The molecule has 0 aliphatic carbocycles. The van der Waals surface area contributed by atoms with Gasteiger partial charge in [0, 0.05) is 0 Å². The molecule has 0 aromatic heterocycles. The smallest absolute Gasteiger partial charge is 0.423 e. The highest BCUT2D eigenvalue weighted by Crippen LogP contribution is 2.39. The third-order valence-electron chi connectivity index (χ3n) is 1.97. The predicted octanol–water partition coefficient (Wildman–Crippen LogP) is 2.54. The number of esters is 1. The number of rotatable bonds is 2. The van der Waals surface area contributed by atoms with Crippen molar-refractivity contribution in [3.8, 4) is 0 Å². The number of nitro benzene ring substituents is 1. The Hall–Kier alpha value is -2.19. The summed E-state index contributed by atoms with van der Waals surface area (Å²) in [7, 11) is 0.777. The fourth-order valence-electron chi connectivity index (χ4n) is 1.31. The number of alkyl halides is 3. The van der Waals surface area contributed by atoms with Crippen LogP contribution in [0.5, 0.6) is 0 Å². The highest BCUT2D eigenvalue weighted by atomic mass is 19.4. The van der Waals surface area contributed by atoms with E-state index < -0.39 is 39.7 Å². The van der Waals surface area contributed by atoms with Gasteiger partial charge < -0.3 is 4.74 Å². The molecule has 0 aliphatic heterocycles. The van der Waals surface area contributed by atoms with Crippen LogP contribution >= 0.6 is 0 Å². The molecule has 0 amide bonds. The number of carbonyl (C=O) groups excluding carboxylic acids is 1. The lowest BCUT2D eigenvalue weighted by Crippen LogP contribution is -2.17. The first-order valence-corrected chi connectivity index (χ1v) is 4.32. The van der Waals surface area contributed by atoms with Crippen LogP contribution in [0.25, 0.3) is 0 Å². The number of halogens is 4. The Kier molecular flexibility index (Phi) is 3.54. The van der Waals surface area contributed by atoms with E-state index in [0.29, 0.717) is 0 Å². The minimum Gasteiger partial charge on any atom is -0.465 e. The zero-order valence-electron chi connectivity index (χ0n) is 8.75. The topological polar surface area (TPSA) is 69.4 Å². The van der Waals surface area contributed by atoms with E-state index in [9.17, 15) is 32.5 Å². The van der Waals surface area contributed by atoms with Gasteiger partial charge >= 0.3 is 12.1 Å². The van der Waals surface area contributed by atoms with E-state index in [4.69, 9.17) is 0 Å². The highest BCUT2D eigenvalue weighted by Gasteiger charge is 2.43. The molecule has 18 heavy (non-hydrogen) atoms. The number of hydrogen-bond donors (Lipinski definition) is 0. The third-order valence-corrected chi connectivity index (χ3v) is 1.97. The predicted molar refractivity (Wildman–Crippen MR) is 49.4 cm³/mol. The summed E-state index contributed by atoms with van der Waals surface area (Å²) in [6.07, 6.45) is -5.18. The van der Waals surface area contributed by atoms with Gasteiger partial charge in [0.1, 0.15) is 11.4 Å². The minimum atomic E-state index is -5.18. The molecule has 0 bridgehead atoms. The van der Waals surface area contributed by atoms with Crippen LogP contribution in [0.1, 0.15) is 15.9 Å². The molecule has 0 radical (unpaired) electrons. The number of nitro groups is 1. The van der Waals surface area contributed by atoms with Crippen molar-refractivity contribution in [1.82, 2.24) is 0 Å². The number of benzene rings is 1. The molecule has 0 saturated carbocycles. The highest BCUT2D eigenvalue weighted by molar-refractivity contribution is 5.92. The first kappa shape index (κ1) is 13.9. The van der Waals surface area contributed by atoms with Crippen molar-refractivity contribution < 1.29 is 32.0 Å². The largest absolute Gasteiger partial charge is 0.465 e. The zero-order chi connectivity index (χ0) is 14.1. The molecule has 5 nitrogen and oxygen atoms in total. The molecule has 1 aromatic rings. The lowest BCUT2D eigenvalue weighted by atomic mass is 10.0. The lowest BCUT2D eigenvalue weighted by molar-refractivity contribution is -0.388. The van der Waals surface area contributed by atoms with Crippen molar-refractivity contribution in [3.05, 3.63) is 39.2 Å². The second-order valence-electron chi connectivity index (χ2n) is 3.09. The average molecular weight is 267 g/mol. The van der Waals surface area contributed by atoms with Gasteiger partial charge in [-0.3, -0.25) is 10.1 Å². The van der Waals surface area contributed by atoms with E-state index >= 15 is 0 Å². The van der Waals surface area contributed by atoms with Crippen molar-refractivity contribution in [3.63, 3.8) is 0 Å². The van der Waals surface area contributed by atoms with Crippen molar-refractivity contribution in [2.24, 2.45) is 0 Å². The molecule has 0 unspecified atom stereocenters. The quantitative estimate of drug-likeness (QED) is 0.357. The summed E-state index contributed by atoms with van der Waals surface area (Å²) in [5.41, 5.74) is -4.61. The number of hydrogen-bond acceptors (Lipinski definition) is 4. The van der Waals surface area contributed by atoms with Crippen LogP contribution in [-0.4, -0.2) is 18.0 Å². The van der Waals surface area contributed by atoms with E-state index in [1.807, 2.05) is 0 Å². The summed E-state index contributed by atoms with van der Waals surface area (Å²) in [6, 6.07) is 0.330. The molecule has 1 aromatic carbocycles. The Labute approximate surface area is 97.1 Å². The summed E-state index contributed by atoms with van der Waals surface area (Å²) in [5, 5.41) is 10.5. The Morgan fingerprint density at radius 3 is 2.33 bits per heavy atom. The molecular formula is C9H5F4NO4. The molecule has 0 N–H and O–H groups in total. The Morgan fingerprint density at radius 1 is 1.39 bits per heavy atom. The first-order valence-electron chi connectivity index (χ1n) is 4.32. The van der Waals surface area contributed by atoms with Crippen molar-refractivity contribution in [2.45, 2.75) is 6.18 Å². The van der Waals surface area contributed by atoms with Crippen LogP contribution in [0.4, 0.5) is 23.2 Å². The van der Waals surface area contributed by atoms with Gasteiger partial charge in [-0.2, -0.15) is 13.2 Å². The van der Waals surface area contributed by atoms with Crippen molar-refractivity contribution in [1.29, 1.82) is 0 Å². The van der Waals surface area contributed by atoms with E-state index in [1.165, 1.54) is 0 Å². The van der Waals surface area contributed by atoms with E-state index in [0.717, 1.165) is 7.11 Å². The third kappa shape index (κ3) is 2.55. The molecule has 0 spiro atoms. The summed E-state index contributed by atoms with van der Waals surface area (Å²) in [4.78, 5) is 20.1. The molecule has 0 aliphatic rings. The summed E-state index contributed by atoms with van der Waals surface area (Å²) >= 11 is 0. The number of methoxy groups -OCH3 is 1. The van der Waals surface area contributed by atoms with Crippen LogP contribution in [0.3, 0.4) is 0 Å². The van der Waals surface area contributed by atoms with Gasteiger partial charge in [0.2, 0.25) is 0 Å². The van der Waals surface area contributed by atoms with E-state index in [2.05, 4.69) is 4.74 Å². The van der Waals surface area contributed by atoms with Crippen LogP contribution < -0.4 is 0 Å². The van der Waals surface area contributed by atoms with Gasteiger partial charge in [0.05, 0.1) is 23.7 Å². The molecule has 98 valence electrons. The van der Waals surface area contributed by atoms with E-state index in [1.54, 1.807) is 0 Å². The van der Waals surface area contributed by atoms with Gasteiger partial charge in [-0.1, -0.05) is 0 Å². The van der Waals surface area contributed by atoms with Gasteiger partial charge in [-0.15, -0.1) is 0 Å². The Balaban J connectivity index is 3.69. The fraction of sp³-hybridized carbons (Fsp3) is 0.222. The van der Waals surface area contributed by atoms with E-state index in [-0.39, 0.29) is 12.1 Å². The number of nitrogens with zero attached hydrogens (tertiary/aromatic N) is 1.